The van der Waals surface area contributed by atoms with E-state index in [1.165, 1.54) is 16.0 Å². The maximum Gasteiger partial charge on any atom is 0.266 e. The van der Waals surface area contributed by atoms with Crippen LogP contribution in [0.3, 0.4) is 0 Å². The van der Waals surface area contributed by atoms with Gasteiger partial charge in [0, 0.05) is 31.1 Å². The molecule has 4 atom stereocenters. The lowest BCUT2D eigenvalue weighted by atomic mass is 9.89. The van der Waals surface area contributed by atoms with Gasteiger partial charge < -0.3 is 24.1 Å². The summed E-state index contributed by atoms with van der Waals surface area (Å²) in [7, 11) is 3.31. The Hall–Kier alpha value is -4.54. The van der Waals surface area contributed by atoms with Gasteiger partial charge in [-0.15, -0.1) is 0 Å². The number of hydrogen-bond donors (Lipinski definition) is 1. The van der Waals surface area contributed by atoms with Gasteiger partial charge in [0.25, 0.3) is 11.8 Å². The van der Waals surface area contributed by atoms with E-state index in [4.69, 9.17) is 18.9 Å². The first-order valence-corrected chi connectivity index (χ1v) is 15.9. The number of fused-ring (bicyclic) bond motifs is 2. The Morgan fingerprint density at radius 2 is 1.49 bits per heavy atom. The Balaban J connectivity index is 1.17. The molecule has 4 aromatic carbocycles. The second-order valence-electron chi connectivity index (χ2n) is 12.4. The Labute approximate surface area is 274 Å². The van der Waals surface area contributed by atoms with Gasteiger partial charge in [-0.3, -0.25) is 14.5 Å². The quantitative estimate of drug-likeness (QED) is 0.241. The molecule has 0 spiro atoms. The van der Waals surface area contributed by atoms with Crippen LogP contribution in [-0.2, 0) is 29.0 Å². The molecule has 0 bridgehead atoms. The van der Waals surface area contributed by atoms with Crippen LogP contribution in [0.4, 0.5) is 5.69 Å². The standard InChI is InChI=1S/C38H38N2O7/c1-23-34(21-39-16-15-26-18-32(44-2)33(45-3)19-28(26)20-39)46-38(47-35(23)25-13-11-24(22-41)12-14-25)27-7-6-8-29(17-27)40-36(42)30-9-4-5-10-31(30)37(40)43/h4-14,17-19,23,34-35,38,41H,15-16,20-22H2,1-3H3/t23-,34+,35+,38+/m1/s1. The molecule has 3 heterocycles. The molecule has 0 aromatic heterocycles. The third-order valence-corrected chi connectivity index (χ3v) is 9.55. The van der Waals surface area contributed by atoms with Crippen LogP contribution in [0.1, 0.15) is 67.9 Å². The van der Waals surface area contributed by atoms with Crippen LogP contribution >= 0.6 is 0 Å². The third-order valence-electron chi connectivity index (χ3n) is 9.55. The molecular weight excluding hydrogens is 596 g/mol. The molecule has 2 amide bonds. The van der Waals surface area contributed by atoms with Crippen molar-refractivity contribution in [3.05, 3.63) is 124 Å². The van der Waals surface area contributed by atoms with Gasteiger partial charge >= 0.3 is 0 Å². The number of methoxy groups -OCH3 is 2. The molecule has 0 saturated carbocycles. The fraction of sp³-hybridized carbons (Fsp3) is 0.316. The maximum absolute atomic E-state index is 13.3. The van der Waals surface area contributed by atoms with Crippen molar-refractivity contribution in [3.8, 4) is 11.5 Å². The molecule has 9 nitrogen and oxygen atoms in total. The first kappa shape index (κ1) is 31.1. The van der Waals surface area contributed by atoms with Crippen molar-refractivity contribution in [1.82, 2.24) is 4.90 Å². The fourth-order valence-electron chi connectivity index (χ4n) is 6.91. The molecule has 1 fully saturated rings. The van der Waals surface area contributed by atoms with E-state index in [1.807, 2.05) is 42.5 Å². The third kappa shape index (κ3) is 5.80. The lowest BCUT2D eigenvalue weighted by molar-refractivity contribution is -0.276. The van der Waals surface area contributed by atoms with E-state index >= 15 is 0 Å². The SMILES string of the molecule is COc1cc2c(cc1OC)CN(C[C@@H]1O[C@H](c3cccc(N4C(=O)c5ccccc5C4=O)c3)O[C@H](c3ccc(CO)cc3)[C@@H]1C)CC2. The molecular formula is C38H38N2O7. The number of ether oxygens (including phenoxy) is 4. The minimum atomic E-state index is -0.740. The van der Waals surface area contributed by atoms with Crippen LogP contribution in [0.2, 0.25) is 0 Å². The molecule has 3 aliphatic rings. The number of rotatable bonds is 8. The molecule has 0 unspecified atom stereocenters. The highest BCUT2D eigenvalue weighted by molar-refractivity contribution is 6.34. The molecule has 0 aliphatic carbocycles. The average molecular weight is 635 g/mol. The highest BCUT2D eigenvalue weighted by Crippen LogP contribution is 2.43. The number of benzene rings is 4. The molecule has 1 N–H and O–H groups in total. The van der Waals surface area contributed by atoms with Gasteiger partial charge in [0.2, 0.25) is 0 Å². The second-order valence-corrected chi connectivity index (χ2v) is 12.4. The van der Waals surface area contributed by atoms with Crippen LogP contribution in [0.25, 0.3) is 0 Å². The lowest BCUT2D eigenvalue weighted by Gasteiger charge is -2.43. The van der Waals surface area contributed by atoms with Gasteiger partial charge in [-0.1, -0.05) is 55.5 Å². The predicted molar refractivity (Wildman–Crippen MR) is 176 cm³/mol. The van der Waals surface area contributed by atoms with Crippen LogP contribution in [0, 0.1) is 5.92 Å². The molecule has 47 heavy (non-hydrogen) atoms. The van der Waals surface area contributed by atoms with Gasteiger partial charge in [-0.05, 0) is 65.1 Å². The van der Waals surface area contributed by atoms with E-state index in [2.05, 4.69) is 24.0 Å². The van der Waals surface area contributed by atoms with Crippen LogP contribution in [0.15, 0.2) is 84.9 Å². The Kier molecular flexibility index (Phi) is 8.55. The highest BCUT2D eigenvalue weighted by Gasteiger charge is 2.41. The smallest absolute Gasteiger partial charge is 0.266 e. The zero-order valence-corrected chi connectivity index (χ0v) is 26.7. The van der Waals surface area contributed by atoms with Crippen LogP contribution in [0.5, 0.6) is 11.5 Å². The average Bonchev–Trinajstić information content (AvgIpc) is 3.37. The number of anilines is 1. The minimum absolute atomic E-state index is 0.00236. The predicted octanol–water partition coefficient (Wildman–Crippen LogP) is 5.85. The fourth-order valence-corrected chi connectivity index (χ4v) is 6.91. The molecule has 4 aromatic rings. The van der Waals surface area contributed by atoms with Crippen molar-refractivity contribution in [2.24, 2.45) is 5.92 Å². The maximum atomic E-state index is 13.3. The Morgan fingerprint density at radius 1 is 0.809 bits per heavy atom. The molecule has 3 aliphatic heterocycles. The molecule has 0 radical (unpaired) electrons. The van der Waals surface area contributed by atoms with Crippen LogP contribution in [-0.4, -0.2) is 55.2 Å². The summed E-state index contributed by atoms with van der Waals surface area (Å²) in [6, 6.07) is 26.1. The van der Waals surface area contributed by atoms with Crippen molar-refractivity contribution >= 4 is 17.5 Å². The summed E-state index contributed by atoms with van der Waals surface area (Å²) in [6.45, 7) is 4.41. The van der Waals surface area contributed by atoms with Crippen molar-refractivity contribution in [3.63, 3.8) is 0 Å². The van der Waals surface area contributed by atoms with Crippen molar-refractivity contribution < 1.29 is 33.6 Å². The van der Waals surface area contributed by atoms with E-state index in [-0.39, 0.29) is 36.5 Å². The van der Waals surface area contributed by atoms with Crippen molar-refractivity contribution in [2.75, 3.05) is 32.2 Å². The zero-order valence-electron chi connectivity index (χ0n) is 26.7. The number of imide groups is 1. The summed E-state index contributed by atoms with van der Waals surface area (Å²) >= 11 is 0. The Bertz CT molecular complexity index is 1770. The van der Waals surface area contributed by atoms with E-state index in [0.717, 1.165) is 36.4 Å². The summed E-state index contributed by atoms with van der Waals surface area (Å²) in [4.78, 5) is 30.2. The van der Waals surface area contributed by atoms with E-state index in [1.54, 1.807) is 44.6 Å². The van der Waals surface area contributed by atoms with Gasteiger partial charge in [-0.25, -0.2) is 4.90 Å². The van der Waals surface area contributed by atoms with Crippen LogP contribution < -0.4 is 14.4 Å². The first-order chi connectivity index (χ1) is 22.9. The summed E-state index contributed by atoms with van der Waals surface area (Å²) in [5, 5.41) is 9.63. The minimum Gasteiger partial charge on any atom is -0.493 e. The number of amides is 2. The van der Waals surface area contributed by atoms with Gasteiger partial charge in [0.05, 0.1) is 49.8 Å². The second kappa shape index (κ2) is 12.9. The number of carbonyl (C=O) groups is 2. The molecule has 242 valence electrons. The highest BCUT2D eigenvalue weighted by atomic mass is 16.7. The topological polar surface area (TPSA) is 97.8 Å². The van der Waals surface area contributed by atoms with Gasteiger partial charge in [-0.2, -0.15) is 0 Å². The normalized spacial score (nSPS) is 22.6. The largest absolute Gasteiger partial charge is 0.493 e. The molecule has 7 rings (SSSR count). The summed E-state index contributed by atoms with van der Waals surface area (Å²) in [5.41, 5.74) is 6.25. The zero-order chi connectivity index (χ0) is 32.7. The Morgan fingerprint density at radius 3 is 2.15 bits per heavy atom. The molecule has 1 saturated heterocycles. The molecule has 9 heteroatoms. The first-order valence-electron chi connectivity index (χ1n) is 15.9. The van der Waals surface area contributed by atoms with E-state index in [9.17, 15) is 14.7 Å². The number of carbonyl (C=O) groups excluding carboxylic acids is 2. The number of hydrogen-bond acceptors (Lipinski definition) is 8. The summed E-state index contributed by atoms with van der Waals surface area (Å²) in [6.07, 6.45) is -0.349. The van der Waals surface area contributed by atoms with E-state index in [0.29, 0.717) is 34.7 Å². The lowest BCUT2D eigenvalue weighted by Crippen LogP contribution is -2.45. The number of aliphatic hydroxyl groups excluding tert-OH is 1. The van der Waals surface area contributed by atoms with Gasteiger partial charge in [0.15, 0.2) is 17.8 Å². The number of nitrogens with zero attached hydrogens (tertiary/aromatic N) is 2. The monoisotopic (exact) mass is 634 g/mol. The van der Waals surface area contributed by atoms with Crippen molar-refractivity contribution in [2.45, 2.75) is 45.0 Å². The van der Waals surface area contributed by atoms with Crippen molar-refractivity contribution in [1.29, 1.82) is 0 Å². The van der Waals surface area contributed by atoms with Gasteiger partial charge in [0.1, 0.15) is 0 Å². The summed E-state index contributed by atoms with van der Waals surface area (Å²) in [5.74, 6) is 0.760. The number of aliphatic hydroxyl groups is 1. The summed E-state index contributed by atoms with van der Waals surface area (Å²) < 4.78 is 24.5. The van der Waals surface area contributed by atoms with E-state index < -0.39 is 6.29 Å².